The third-order valence-corrected chi connectivity index (χ3v) is 6.16. The molecule has 4 rings (SSSR count). The summed E-state index contributed by atoms with van der Waals surface area (Å²) in [6, 6.07) is 1.99. The van der Waals surface area contributed by atoms with Crippen molar-refractivity contribution in [1.29, 1.82) is 0 Å². The molecular weight excluding hydrogens is 401 g/mol. The van der Waals surface area contributed by atoms with Crippen LogP contribution in [-0.4, -0.2) is 45.1 Å². The van der Waals surface area contributed by atoms with Crippen LogP contribution >= 0.6 is 11.3 Å². The zero-order chi connectivity index (χ0) is 20.4. The first-order valence-corrected chi connectivity index (χ1v) is 10.4. The molecule has 0 amide bonds. The summed E-state index contributed by atoms with van der Waals surface area (Å²) in [6.07, 6.45) is 3.17. The fourth-order valence-electron chi connectivity index (χ4n) is 3.77. The van der Waals surface area contributed by atoms with Crippen LogP contribution in [0.15, 0.2) is 24.8 Å². The predicted molar refractivity (Wildman–Crippen MR) is 107 cm³/mol. The minimum atomic E-state index is -4.22. The molecule has 0 unspecified atom stereocenters. The van der Waals surface area contributed by atoms with Crippen LogP contribution in [0.25, 0.3) is 10.2 Å². The molecule has 0 saturated carbocycles. The van der Waals surface area contributed by atoms with E-state index >= 15 is 0 Å². The summed E-state index contributed by atoms with van der Waals surface area (Å²) >= 11 is 1.10. The lowest BCUT2D eigenvalue weighted by atomic mass is 10.1. The van der Waals surface area contributed by atoms with Gasteiger partial charge in [0.2, 0.25) is 0 Å². The first-order chi connectivity index (χ1) is 13.9. The zero-order valence-corrected chi connectivity index (χ0v) is 16.9. The van der Waals surface area contributed by atoms with Gasteiger partial charge >= 0.3 is 6.18 Å². The number of anilines is 1. The minimum Gasteiger partial charge on any atom is -0.356 e. The molecular formula is C19H23F3N6S. The number of alkyl halides is 3. The fourth-order valence-corrected chi connectivity index (χ4v) is 4.79. The van der Waals surface area contributed by atoms with Gasteiger partial charge in [-0.1, -0.05) is 0 Å². The first kappa shape index (κ1) is 20.1. The van der Waals surface area contributed by atoms with E-state index in [0.717, 1.165) is 67.0 Å². The van der Waals surface area contributed by atoms with Crippen LogP contribution in [0.5, 0.6) is 0 Å². The summed E-state index contributed by atoms with van der Waals surface area (Å²) in [5.41, 5.74) is 1.15. The van der Waals surface area contributed by atoms with Crippen molar-refractivity contribution in [2.24, 2.45) is 7.05 Å². The Morgan fingerprint density at radius 3 is 2.86 bits per heavy atom. The van der Waals surface area contributed by atoms with Crippen molar-refractivity contribution in [1.82, 2.24) is 25.1 Å². The molecule has 4 heterocycles. The van der Waals surface area contributed by atoms with E-state index in [0.29, 0.717) is 10.9 Å². The van der Waals surface area contributed by atoms with E-state index in [4.69, 9.17) is 0 Å². The molecule has 1 aliphatic rings. The van der Waals surface area contributed by atoms with Crippen molar-refractivity contribution < 1.29 is 13.2 Å². The highest BCUT2D eigenvalue weighted by atomic mass is 32.1. The number of nitrogens with one attached hydrogen (secondary N) is 1. The summed E-state index contributed by atoms with van der Waals surface area (Å²) in [5, 5.41) is 8.50. The Morgan fingerprint density at radius 2 is 2.10 bits per heavy atom. The van der Waals surface area contributed by atoms with Gasteiger partial charge in [0.05, 0.1) is 18.0 Å². The quantitative estimate of drug-likeness (QED) is 0.677. The minimum absolute atomic E-state index is 0.278. The van der Waals surface area contributed by atoms with Crippen molar-refractivity contribution in [3.05, 3.63) is 35.2 Å². The number of hydrogen-bond acceptors (Lipinski definition) is 6. The molecule has 1 N–H and O–H groups in total. The molecule has 1 saturated heterocycles. The summed E-state index contributed by atoms with van der Waals surface area (Å²) in [4.78, 5) is 11.7. The van der Waals surface area contributed by atoms with Gasteiger partial charge in [0.25, 0.3) is 0 Å². The Kier molecular flexibility index (Phi) is 5.73. The van der Waals surface area contributed by atoms with Gasteiger partial charge in [-0.2, -0.15) is 18.3 Å². The van der Waals surface area contributed by atoms with Gasteiger partial charge in [0.1, 0.15) is 17.0 Å². The molecule has 0 bridgehead atoms. The molecule has 1 atom stereocenters. The van der Waals surface area contributed by atoms with Crippen molar-refractivity contribution in [2.45, 2.75) is 44.4 Å². The number of hydrogen-bond donors (Lipinski definition) is 1. The first-order valence-electron chi connectivity index (χ1n) is 9.63. The van der Waals surface area contributed by atoms with E-state index in [1.165, 1.54) is 6.33 Å². The molecule has 0 aliphatic carbocycles. The molecule has 3 aromatic heterocycles. The van der Waals surface area contributed by atoms with E-state index in [1.807, 2.05) is 19.4 Å². The van der Waals surface area contributed by atoms with Gasteiger partial charge in [-0.05, 0) is 25.3 Å². The normalized spacial score (nSPS) is 18.3. The average Bonchev–Trinajstić information content (AvgIpc) is 3.17. The largest absolute Gasteiger partial charge is 0.393 e. The highest BCUT2D eigenvalue weighted by molar-refractivity contribution is 7.18. The van der Waals surface area contributed by atoms with Crippen LogP contribution in [0.4, 0.5) is 19.0 Å². The maximum Gasteiger partial charge on any atom is 0.393 e. The maximum atomic E-state index is 12.8. The Hall–Kier alpha value is -2.20. The van der Waals surface area contributed by atoms with E-state index in [9.17, 15) is 13.2 Å². The van der Waals surface area contributed by atoms with Crippen LogP contribution in [0.1, 0.15) is 29.7 Å². The molecule has 0 radical (unpaired) electrons. The zero-order valence-electron chi connectivity index (χ0n) is 16.1. The number of rotatable bonds is 5. The van der Waals surface area contributed by atoms with E-state index in [-0.39, 0.29) is 4.88 Å². The number of aryl methyl sites for hydroxylation is 1. The predicted octanol–water partition coefficient (Wildman–Crippen LogP) is 3.68. The highest BCUT2D eigenvalue weighted by Crippen LogP contribution is 2.34. The standard InChI is InChI=1S/C19H23F3N6S/c1-27-11-13(10-26-27)9-23-14-3-2-5-28(6-4-14)17-16-7-15(8-19(20,21)22)29-18(16)25-12-24-17/h7,10-12,14,23H,2-6,8-9H2,1H3/t14-/m1/s1. The second-order valence-corrected chi connectivity index (χ2v) is 8.55. The summed E-state index contributed by atoms with van der Waals surface area (Å²) < 4.78 is 40.1. The van der Waals surface area contributed by atoms with Crippen LogP contribution in [0, 0.1) is 0 Å². The number of aromatic nitrogens is 4. The topological polar surface area (TPSA) is 58.9 Å². The van der Waals surface area contributed by atoms with Crippen LogP contribution in [-0.2, 0) is 20.0 Å². The van der Waals surface area contributed by atoms with E-state index in [1.54, 1.807) is 10.7 Å². The average molecular weight is 424 g/mol. The smallest absolute Gasteiger partial charge is 0.356 e. The van der Waals surface area contributed by atoms with E-state index < -0.39 is 12.6 Å². The molecule has 10 heteroatoms. The number of thiophene rings is 1. The van der Waals surface area contributed by atoms with Gasteiger partial charge in [-0.15, -0.1) is 11.3 Å². The lowest BCUT2D eigenvalue weighted by molar-refractivity contribution is -0.126. The third-order valence-electron chi connectivity index (χ3n) is 5.11. The second-order valence-electron chi connectivity index (χ2n) is 7.44. The molecule has 29 heavy (non-hydrogen) atoms. The van der Waals surface area contributed by atoms with Gasteiger partial charge in [0.15, 0.2) is 0 Å². The summed E-state index contributed by atoms with van der Waals surface area (Å²) in [7, 11) is 1.90. The Balaban J connectivity index is 1.44. The molecule has 1 aliphatic heterocycles. The molecule has 156 valence electrons. The fraction of sp³-hybridized carbons (Fsp3) is 0.526. The van der Waals surface area contributed by atoms with E-state index in [2.05, 4.69) is 25.3 Å². The Bertz CT molecular complexity index is 966. The molecule has 3 aromatic rings. The van der Waals surface area contributed by atoms with Crippen molar-refractivity contribution >= 4 is 27.4 Å². The summed E-state index contributed by atoms with van der Waals surface area (Å²) in [6.45, 7) is 2.42. The number of halogens is 3. The second kappa shape index (κ2) is 8.27. The summed E-state index contributed by atoms with van der Waals surface area (Å²) in [5.74, 6) is 0.743. The SMILES string of the molecule is Cn1cc(CN[C@@H]2CCCN(c3ncnc4sc(CC(F)(F)F)cc34)CC2)cn1. The van der Waals surface area contributed by atoms with Gasteiger partial charge < -0.3 is 10.2 Å². The van der Waals surface area contributed by atoms with Crippen molar-refractivity contribution in [3.8, 4) is 0 Å². The lowest BCUT2D eigenvalue weighted by Gasteiger charge is -2.22. The van der Waals surface area contributed by atoms with Crippen molar-refractivity contribution in [2.75, 3.05) is 18.0 Å². The van der Waals surface area contributed by atoms with Gasteiger partial charge in [-0.25, -0.2) is 9.97 Å². The molecule has 0 aromatic carbocycles. The number of nitrogens with zero attached hydrogens (tertiary/aromatic N) is 5. The number of fused-ring (bicyclic) bond motifs is 1. The van der Waals surface area contributed by atoms with Crippen LogP contribution in [0.2, 0.25) is 0 Å². The molecule has 0 spiro atoms. The van der Waals surface area contributed by atoms with Crippen molar-refractivity contribution in [3.63, 3.8) is 0 Å². The van der Waals surface area contributed by atoms with Gasteiger partial charge in [-0.3, -0.25) is 4.68 Å². The molecule has 6 nitrogen and oxygen atoms in total. The van der Waals surface area contributed by atoms with Crippen LogP contribution < -0.4 is 10.2 Å². The monoisotopic (exact) mass is 424 g/mol. The maximum absolute atomic E-state index is 12.8. The Morgan fingerprint density at radius 1 is 1.24 bits per heavy atom. The van der Waals surface area contributed by atoms with Crippen LogP contribution in [0.3, 0.4) is 0 Å². The highest BCUT2D eigenvalue weighted by Gasteiger charge is 2.29. The lowest BCUT2D eigenvalue weighted by Crippen LogP contribution is -2.30. The molecule has 1 fully saturated rings. The van der Waals surface area contributed by atoms with Gasteiger partial charge in [0, 0.05) is 49.4 Å². The third kappa shape index (κ3) is 5.05. The Labute approximate surface area is 170 Å².